The van der Waals surface area contributed by atoms with E-state index in [0.717, 1.165) is 11.1 Å². The first-order valence-corrected chi connectivity index (χ1v) is 14.0. The van der Waals surface area contributed by atoms with Crippen LogP contribution < -0.4 is 14.5 Å². The van der Waals surface area contributed by atoms with Crippen LogP contribution in [-0.2, 0) is 16.6 Å². The molecule has 0 atom stereocenters. The second-order valence-corrected chi connectivity index (χ2v) is 11.0. The Bertz CT molecular complexity index is 1650. The van der Waals surface area contributed by atoms with Gasteiger partial charge in [0.2, 0.25) is 0 Å². The number of hydrogen-bond acceptors (Lipinski definition) is 6. The van der Waals surface area contributed by atoms with Crippen molar-refractivity contribution in [3.8, 4) is 11.8 Å². The average molecular weight is 573 g/mol. The van der Waals surface area contributed by atoms with E-state index in [4.69, 9.17) is 21.6 Å². The summed E-state index contributed by atoms with van der Waals surface area (Å²) in [5.41, 5.74) is 5.47. The third-order valence-electron chi connectivity index (χ3n) is 5.88. The molecule has 1 amide bonds. The van der Waals surface area contributed by atoms with Gasteiger partial charge in [-0.3, -0.25) is 9.10 Å². The Morgan fingerprint density at radius 2 is 1.73 bits per heavy atom. The van der Waals surface area contributed by atoms with Crippen molar-refractivity contribution in [3.05, 3.63) is 124 Å². The number of carbonyl (C=O) groups excluding carboxylic acids is 1. The summed E-state index contributed by atoms with van der Waals surface area (Å²) < 4.78 is 33.8. The van der Waals surface area contributed by atoms with E-state index in [9.17, 15) is 13.2 Å². The Labute approximate surface area is 238 Å². The summed E-state index contributed by atoms with van der Waals surface area (Å²) in [6.45, 7) is 1.82. The summed E-state index contributed by atoms with van der Waals surface area (Å²) in [7, 11) is -3.91. The molecule has 8 nitrogen and oxygen atoms in total. The van der Waals surface area contributed by atoms with Crippen molar-refractivity contribution in [2.24, 2.45) is 5.10 Å². The number of anilines is 1. The number of rotatable bonds is 10. The van der Waals surface area contributed by atoms with Crippen LogP contribution in [0.3, 0.4) is 0 Å². The number of nitrogens with one attached hydrogen (secondary N) is 1. The minimum atomic E-state index is -3.91. The topological polar surface area (TPSA) is 112 Å². The van der Waals surface area contributed by atoms with E-state index in [-0.39, 0.29) is 18.0 Å². The molecule has 0 saturated carbocycles. The van der Waals surface area contributed by atoms with Crippen LogP contribution in [0.25, 0.3) is 0 Å². The summed E-state index contributed by atoms with van der Waals surface area (Å²) in [6, 6.07) is 28.7. The number of amides is 1. The molecule has 0 aliphatic heterocycles. The summed E-state index contributed by atoms with van der Waals surface area (Å²) >= 11 is 6.23. The number of nitriles is 1. The van der Waals surface area contributed by atoms with Crippen molar-refractivity contribution in [1.29, 1.82) is 5.26 Å². The van der Waals surface area contributed by atoms with Gasteiger partial charge in [0.25, 0.3) is 15.9 Å². The van der Waals surface area contributed by atoms with Gasteiger partial charge in [-0.2, -0.15) is 10.4 Å². The van der Waals surface area contributed by atoms with E-state index in [0.29, 0.717) is 27.6 Å². The van der Waals surface area contributed by atoms with Crippen LogP contribution in [0.1, 0.15) is 27.0 Å². The summed E-state index contributed by atoms with van der Waals surface area (Å²) in [4.78, 5) is 12.8. The van der Waals surface area contributed by atoms with Crippen LogP contribution in [0, 0.1) is 18.3 Å². The molecule has 10 heteroatoms. The van der Waals surface area contributed by atoms with Crippen molar-refractivity contribution >= 4 is 39.4 Å². The lowest BCUT2D eigenvalue weighted by Crippen LogP contribution is -2.31. The van der Waals surface area contributed by atoms with Crippen LogP contribution in [0.2, 0.25) is 5.02 Å². The van der Waals surface area contributed by atoms with Crippen LogP contribution in [0.5, 0.6) is 5.75 Å². The van der Waals surface area contributed by atoms with Gasteiger partial charge in [0.05, 0.1) is 23.3 Å². The molecule has 0 bridgehead atoms. The molecule has 202 valence electrons. The predicted molar refractivity (Wildman–Crippen MR) is 155 cm³/mol. The fourth-order valence-electron chi connectivity index (χ4n) is 3.79. The molecule has 0 aromatic heterocycles. The SMILES string of the molecule is Cc1ccc(Cl)cc1N(Cc1ccc(C(=O)N/N=C\c2ccc(OCC#N)cc2)cc1)S(=O)(=O)c1ccccc1. The smallest absolute Gasteiger partial charge is 0.271 e. The Morgan fingerprint density at radius 1 is 1.02 bits per heavy atom. The molecule has 0 radical (unpaired) electrons. The van der Waals surface area contributed by atoms with Gasteiger partial charge in [-0.15, -0.1) is 0 Å². The van der Waals surface area contributed by atoms with E-state index in [1.807, 2.05) is 13.0 Å². The van der Waals surface area contributed by atoms with E-state index in [2.05, 4.69) is 10.5 Å². The number of nitrogens with zero attached hydrogens (tertiary/aromatic N) is 3. The first-order chi connectivity index (χ1) is 19.3. The number of aryl methyl sites for hydroxylation is 1. The molecular formula is C30H25ClN4O4S. The molecule has 0 spiro atoms. The summed E-state index contributed by atoms with van der Waals surface area (Å²) in [6.07, 6.45) is 1.49. The summed E-state index contributed by atoms with van der Waals surface area (Å²) in [5, 5.41) is 13.0. The van der Waals surface area contributed by atoms with Gasteiger partial charge in [-0.05, 0) is 84.3 Å². The lowest BCUT2D eigenvalue weighted by atomic mass is 10.1. The van der Waals surface area contributed by atoms with Gasteiger partial charge >= 0.3 is 0 Å². The molecule has 0 fully saturated rings. The molecule has 0 aliphatic carbocycles. The molecule has 40 heavy (non-hydrogen) atoms. The highest BCUT2D eigenvalue weighted by atomic mass is 35.5. The standard InChI is InChI=1S/C30H25ClN4O4S/c1-22-7-14-26(31)19-29(22)35(40(37,38)28-5-3-2-4-6-28)21-24-8-12-25(13-9-24)30(36)34-33-20-23-10-15-27(16-11-23)39-18-17-32/h2-16,19-20H,18,21H2,1H3,(H,34,36)/b33-20-. The molecular weight excluding hydrogens is 548 g/mol. The fourth-order valence-corrected chi connectivity index (χ4v) is 5.49. The highest BCUT2D eigenvalue weighted by Gasteiger charge is 2.26. The maximum absolute atomic E-state index is 13.7. The van der Waals surface area contributed by atoms with Crippen molar-refractivity contribution < 1.29 is 17.9 Å². The minimum Gasteiger partial charge on any atom is -0.479 e. The van der Waals surface area contributed by atoms with E-state index < -0.39 is 15.9 Å². The Balaban J connectivity index is 1.49. The van der Waals surface area contributed by atoms with Gasteiger partial charge in [0, 0.05) is 10.6 Å². The molecule has 4 rings (SSSR count). The average Bonchev–Trinajstić information content (AvgIpc) is 2.97. The lowest BCUT2D eigenvalue weighted by Gasteiger charge is -2.26. The van der Waals surface area contributed by atoms with Gasteiger partial charge < -0.3 is 4.74 Å². The molecule has 0 aliphatic rings. The number of ether oxygens (including phenoxy) is 1. The predicted octanol–water partition coefficient (Wildman–Crippen LogP) is 5.71. The second-order valence-electron chi connectivity index (χ2n) is 8.67. The first kappa shape index (κ1) is 28.4. The highest BCUT2D eigenvalue weighted by molar-refractivity contribution is 7.92. The molecule has 0 heterocycles. The van der Waals surface area contributed by atoms with E-state index in [1.54, 1.807) is 97.1 Å². The zero-order valence-corrected chi connectivity index (χ0v) is 23.1. The van der Waals surface area contributed by atoms with Crippen molar-refractivity contribution in [1.82, 2.24) is 5.43 Å². The zero-order chi connectivity index (χ0) is 28.5. The van der Waals surface area contributed by atoms with Crippen LogP contribution >= 0.6 is 11.6 Å². The Morgan fingerprint density at radius 3 is 2.40 bits per heavy atom. The number of carbonyl (C=O) groups is 1. The fraction of sp³-hybridized carbons (Fsp3) is 0.100. The van der Waals surface area contributed by atoms with Crippen LogP contribution in [0.4, 0.5) is 5.69 Å². The normalized spacial score (nSPS) is 11.1. The number of hydrazone groups is 1. The largest absolute Gasteiger partial charge is 0.479 e. The van der Waals surface area contributed by atoms with Gasteiger partial charge in [0.15, 0.2) is 6.61 Å². The second kappa shape index (κ2) is 12.9. The molecule has 0 saturated heterocycles. The number of halogens is 1. The van der Waals surface area contributed by atoms with Crippen LogP contribution in [-0.4, -0.2) is 27.1 Å². The Kier molecular flexibility index (Phi) is 9.17. The lowest BCUT2D eigenvalue weighted by molar-refractivity contribution is 0.0955. The number of hydrogen-bond donors (Lipinski definition) is 1. The summed E-state index contributed by atoms with van der Waals surface area (Å²) in [5.74, 6) is 0.139. The molecule has 0 unspecified atom stereocenters. The van der Waals surface area contributed by atoms with Crippen molar-refractivity contribution in [2.75, 3.05) is 10.9 Å². The van der Waals surface area contributed by atoms with Crippen molar-refractivity contribution in [3.63, 3.8) is 0 Å². The van der Waals surface area contributed by atoms with Gasteiger partial charge in [-0.1, -0.05) is 48.0 Å². The monoisotopic (exact) mass is 572 g/mol. The van der Waals surface area contributed by atoms with Gasteiger partial charge in [-0.25, -0.2) is 13.8 Å². The van der Waals surface area contributed by atoms with Crippen LogP contribution in [0.15, 0.2) is 107 Å². The quantitative estimate of drug-likeness (QED) is 0.193. The van der Waals surface area contributed by atoms with E-state index in [1.165, 1.54) is 10.5 Å². The molecule has 1 N–H and O–H groups in total. The maximum Gasteiger partial charge on any atom is 0.271 e. The Hall–Kier alpha value is -4.65. The highest BCUT2D eigenvalue weighted by Crippen LogP contribution is 2.31. The van der Waals surface area contributed by atoms with Crippen molar-refractivity contribution in [2.45, 2.75) is 18.4 Å². The third kappa shape index (κ3) is 7.05. The molecule has 4 aromatic carbocycles. The number of benzene rings is 4. The third-order valence-corrected chi connectivity index (χ3v) is 7.89. The number of sulfonamides is 1. The molecule has 4 aromatic rings. The zero-order valence-electron chi connectivity index (χ0n) is 21.5. The van der Waals surface area contributed by atoms with Gasteiger partial charge in [0.1, 0.15) is 11.8 Å². The first-order valence-electron chi connectivity index (χ1n) is 12.1. The maximum atomic E-state index is 13.7. The minimum absolute atomic E-state index is 0.0343. The van der Waals surface area contributed by atoms with E-state index >= 15 is 0 Å².